The molecule has 1 aromatic carbocycles. The van der Waals surface area contributed by atoms with Gasteiger partial charge in [-0.15, -0.1) is 0 Å². The maximum absolute atomic E-state index is 13.6. The Balaban J connectivity index is 3.23. The van der Waals surface area contributed by atoms with E-state index in [1.807, 2.05) is 0 Å². The third-order valence-electron chi connectivity index (χ3n) is 2.79. The molecular formula is C13H15FO3. The first-order valence-electron chi connectivity index (χ1n) is 5.33. The Labute approximate surface area is 99.6 Å². The van der Waals surface area contributed by atoms with Crippen molar-refractivity contribution >= 4 is 12.3 Å². The van der Waals surface area contributed by atoms with Crippen molar-refractivity contribution in [3.63, 3.8) is 0 Å². The molecule has 17 heavy (non-hydrogen) atoms. The van der Waals surface area contributed by atoms with Crippen LogP contribution in [0.2, 0.25) is 0 Å². The van der Waals surface area contributed by atoms with Crippen LogP contribution in [-0.2, 0) is 9.53 Å². The van der Waals surface area contributed by atoms with E-state index in [2.05, 4.69) is 4.74 Å². The van der Waals surface area contributed by atoms with E-state index in [9.17, 15) is 14.0 Å². The fraction of sp³-hybridized carbons (Fsp3) is 0.385. The molecule has 1 aromatic rings. The molecule has 0 spiro atoms. The number of carbonyl (C=O) groups is 2. The topological polar surface area (TPSA) is 43.4 Å². The highest BCUT2D eigenvalue weighted by atomic mass is 19.1. The highest BCUT2D eigenvalue weighted by Crippen LogP contribution is 2.24. The van der Waals surface area contributed by atoms with Gasteiger partial charge in [-0.25, -0.2) is 9.18 Å². The molecule has 1 atom stereocenters. The molecule has 0 aromatic heterocycles. The first-order chi connectivity index (χ1) is 8.01. The zero-order chi connectivity index (χ0) is 13.0. The quantitative estimate of drug-likeness (QED) is 0.598. The van der Waals surface area contributed by atoms with Crippen molar-refractivity contribution in [1.82, 2.24) is 0 Å². The molecule has 0 fully saturated rings. The molecule has 1 unspecified atom stereocenters. The van der Waals surface area contributed by atoms with Gasteiger partial charge in [-0.3, -0.25) is 0 Å². The van der Waals surface area contributed by atoms with Crippen LogP contribution in [0.5, 0.6) is 0 Å². The molecule has 0 heterocycles. The van der Waals surface area contributed by atoms with Gasteiger partial charge in [0.15, 0.2) is 0 Å². The van der Waals surface area contributed by atoms with Crippen molar-refractivity contribution in [2.45, 2.75) is 26.2 Å². The number of halogens is 1. The number of carbonyl (C=O) groups excluding carboxylic acids is 2. The molecule has 0 saturated carbocycles. The Morgan fingerprint density at radius 3 is 2.71 bits per heavy atom. The van der Waals surface area contributed by atoms with Gasteiger partial charge < -0.3 is 9.53 Å². The maximum atomic E-state index is 13.6. The van der Waals surface area contributed by atoms with E-state index in [0.717, 1.165) is 6.29 Å². The summed E-state index contributed by atoms with van der Waals surface area (Å²) in [5.41, 5.74) is 1.10. The second kappa shape index (κ2) is 5.57. The van der Waals surface area contributed by atoms with Crippen molar-refractivity contribution in [2.75, 3.05) is 7.11 Å². The Bertz CT molecular complexity index is 441. The van der Waals surface area contributed by atoms with Gasteiger partial charge in [0.25, 0.3) is 0 Å². The predicted molar refractivity (Wildman–Crippen MR) is 61.6 cm³/mol. The summed E-state index contributed by atoms with van der Waals surface area (Å²) in [6, 6.07) is 2.94. The lowest BCUT2D eigenvalue weighted by molar-refractivity contribution is -0.108. The van der Waals surface area contributed by atoms with E-state index in [-0.39, 0.29) is 17.0 Å². The van der Waals surface area contributed by atoms with E-state index >= 15 is 0 Å². The van der Waals surface area contributed by atoms with Crippen molar-refractivity contribution in [3.05, 3.63) is 34.6 Å². The molecule has 0 radical (unpaired) electrons. The summed E-state index contributed by atoms with van der Waals surface area (Å²) < 4.78 is 18.2. The van der Waals surface area contributed by atoms with Gasteiger partial charge in [0, 0.05) is 6.42 Å². The Morgan fingerprint density at radius 2 is 2.18 bits per heavy atom. The summed E-state index contributed by atoms with van der Waals surface area (Å²) >= 11 is 0. The standard InChI is InChI=1S/C13H15FO3/c1-8(4-5-15)10-6-11(13(16)17-3)9(2)12(14)7-10/h5-8H,4H2,1-3H3. The number of aldehydes is 1. The van der Waals surface area contributed by atoms with Gasteiger partial charge in [0.1, 0.15) is 12.1 Å². The summed E-state index contributed by atoms with van der Waals surface area (Å²) in [6.45, 7) is 3.33. The third kappa shape index (κ3) is 2.90. The lowest BCUT2D eigenvalue weighted by Crippen LogP contribution is -2.08. The van der Waals surface area contributed by atoms with E-state index in [1.165, 1.54) is 20.1 Å². The summed E-state index contributed by atoms with van der Waals surface area (Å²) in [4.78, 5) is 21.9. The molecule has 0 aliphatic rings. The highest BCUT2D eigenvalue weighted by molar-refractivity contribution is 5.91. The summed E-state index contributed by atoms with van der Waals surface area (Å²) in [5, 5.41) is 0. The first kappa shape index (κ1) is 13.4. The molecule has 0 aliphatic heterocycles. The smallest absolute Gasteiger partial charge is 0.338 e. The van der Waals surface area contributed by atoms with Gasteiger partial charge >= 0.3 is 5.97 Å². The zero-order valence-corrected chi connectivity index (χ0v) is 10.1. The fourth-order valence-electron chi connectivity index (χ4n) is 1.59. The summed E-state index contributed by atoms with van der Waals surface area (Å²) in [6.07, 6.45) is 1.07. The molecule has 0 bridgehead atoms. The number of hydrogen-bond donors (Lipinski definition) is 0. The second-order valence-corrected chi connectivity index (χ2v) is 3.97. The Hall–Kier alpha value is -1.71. The fourth-order valence-corrected chi connectivity index (χ4v) is 1.59. The van der Waals surface area contributed by atoms with Gasteiger partial charge in [0.05, 0.1) is 12.7 Å². The van der Waals surface area contributed by atoms with Crippen LogP contribution in [0.3, 0.4) is 0 Å². The highest BCUT2D eigenvalue weighted by Gasteiger charge is 2.16. The van der Waals surface area contributed by atoms with Crippen LogP contribution >= 0.6 is 0 Å². The molecule has 0 N–H and O–H groups in total. The average molecular weight is 238 g/mol. The lowest BCUT2D eigenvalue weighted by atomic mass is 9.94. The number of hydrogen-bond acceptors (Lipinski definition) is 3. The Morgan fingerprint density at radius 1 is 1.53 bits per heavy atom. The van der Waals surface area contributed by atoms with Crippen LogP contribution < -0.4 is 0 Å². The predicted octanol–water partition coefficient (Wildman–Crippen LogP) is 2.61. The van der Waals surface area contributed by atoms with Gasteiger partial charge in [-0.1, -0.05) is 6.92 Å². The minimum Gasteiger partial charge on any atom is -0.465 e. The normalized spacial score (nSPS) is 12.0. The molecule has 1 rings (SSSR count). The number of rotatable bonds is 4. The van der Waals surface area contributed by atoms with E-state index in [4.69, 9.17) is 0 Å². The van der Waals surface area contributed by atoms with Crippen LogP contribution in [-0.4, -0.2) is 19.4 Å². The lowest BCUT2D eigenvalue weighted by Gasteiger charge is -2.12. The van der Waals surface area contributed by atoms with Gasteiger partial charge in [-0.2, -0.15) is 0 Å². The van der Waals surface area contributed by atoms with Crippen molar-refractivity contribution < 1.29 is 18.7 Å². The first-order valence-corrected chi connectivity index (χ1v) is 5.33. The van der Waals surface area contributed by atoms with Crippen LogP contribution in [0.1, 0.15) is 40.7 Å². The summed E-state index contributed by atoms with van der Waals surface area (Å²) in [7, 11) is 1.25. The molecule has 4 heteroatoms. The van der Waals surface area contributed by atoms with Crippen LogP contribution in [0.15, 0.2) is 12.1 Å². The van der Waals surface area contributed by atoms with Crippen molar-refractivity contribution in [2.24, 2.45) is 0 Å². The SMILES string of the molecule is COC(=O)c1cc(C(C)CC=O)cc(F)c1C. The molecule has 0 saturated heterocycles. The maximum Gasteiger partial charge on any atom is 0.338 e. The average Bonchev–Trinajstić information content (AvgIpc) is 2.31. The monoisotopic (exact) mass is 238 g/mol. The number of benzene rings is 1. The molecule has 3 nitrogen and oxygen atoms in total. The molecule has 0 aliphatic carbocycles. The number of ether oxygens (including phenoxy) is 1. The van der Waals surface area contributed by atoms with Crippen molar-refractivity contribution in [1.29, 1.82) is 0 Å². The van der Waals surface area contributed by atoms with Crippen LogP contribution in [0.4, 0.5) is 4.39 Å². The van der Waals surface area contributed by atoms with E-state index in [1.54, 1.807) is 13.0 Å². The molecular weight excluding hydrogens is 223 g/mol. The minimum absolute atomic E-state index is 0.119. The third-order valence-corrected chi connectivity index (χ3v) is 2.79. The molecule has 0 amide bonds. The largest absolute Gasteiger partial charge is 0.465 e. The molecule has 92 valence electrons. The van der Waals surface area contributed by atoms with Gasteiger partial charge in [-0.05, 0) is 36.1 Å². The summed E-state index contributed by atoms with van der Waals surface area (Å²) in [5.74, 6) is -1.15. The Kier molecular flexibility index (Phi) is 4.37. The minimum atomic E-state index is -0.568. The number of esters is 1. The van der Waals surface area contributed by atoms with E-state index < -0.39 is 11.8 Å². The van der Waals surface area contributed by atoms with Crippen LogP contribution in [0, 0.1) is 12.7 Å². The zero-order valence-electron chi connectivity index (χ0n) is 10.1. The second-order valence-electron chi connectivity index (χ2n) is 3.97. The van der Waals surface area contributed by atoms with E-state index in [0.29, 0.717) is 12.0 Å². The van der Waals surface area contributed by atoms with Crippen molar-refractivity contribution in [3.8, 4) is 0 Å². The van der Waals surface area contributed by atoms with Crippen LogP contribution in [0.25, 0.3) is 0 Å². The van der Waals surface area contributed by atoms with Gasteiger partial charge in [0.2, 0.25) is 0 Å². The number of methoxy groups -OCH3 is 1.